The minimum absolute atomic E-state index is 0.142. The molecule has 250 valence electrons. The Morgan fingerprint density at radius 2 is 1.87 bits per heavy atom. The van der Waals surface area contributed by atoms with Crippen molar-refractivity contribution in [2.45, 2.75) is 32.7 Å². The van der Waals surface area contributed by atoms with Gasteiger partial charge in [-0.25, -0.2) is 9.59 Å². The maximum absolute atomic E-state index is 12.5. The number of hydrogen-bond donors (Lipinski definition) is 4. The third-order valence-electron chi connectivity index (χ3n) is 6.75. The molecule has 0 bridgehead atoms. The fourth-order valence-electron chi connectivity index (χ4n) is 4.59. The number of carbonyl (C=O) groups excluding carboxylic acids is 2. The van der Waals surface area contributed by atoms with Crippen molar-refractivity contribution >= 4 is 57.3 Å². The molecule has 0 saturated carbocycles. The van der Waals surface area contributed by atoms with Gasteiger partial charge in [0.15, 0.2) is 29.2 Å². The Bertz CT molecular complexity index is 1690. The molecule has 12 nitrogen and oxygen atoms in total. The van der Waals surface area contributed by atoms with E-state index in [1.165, 1.54) is 20.4 Å². The normalized spacial score (nSPS) is 15.1. The molecule has 15 heteroatoms. The Kier molecular flexibility index (Phi) is 12.6. The summed E-state index contributed by atoms with van der Waals surface area (Å²) in [5.74, 6) is 0.951. The molecule has 3 aromatic carbocycles. The number of esters is 1. The highest BCUT2D eigenvalue weighted by Crippen LogP contribution is 2.36. The molecule has 2 amide bonds. The van der Waals surface area contributed by atoms with E-state index in [4.69, 9.17) is 46.9 Å². The first-order valence-electron chi connectivity index (χ1n) is 14.2. The second kappa shape index (κ2) is 16.6. The Labute approximate surface area is 290 Å². The van der Waals surface area contributed by atoms with Gasteiger partial charge in [-0.2, -0.15) is 5.10 Å². The van der Waals surface area contributed by atoms with Crippen molar-refractivity contribution in [3.05, 3.63) is 91.0 Å². The number of aliphatic hydroxyl groups is 1. The molecule has 0 unspecified atom stereocenters. The number of nitrogens with zero attached hydrogens (tertiary/aromatic N) is 1. The van der Waals surface area contributed by atoms with E-state index in [1.54, 1.807) is 62.4 Å². The highest BCUT2D eigenvalue weighted by atomic mass is 79.9. The molecule has 47 heavy (non-hydrogen) atoms. The average Bonchev–Trinajstić information content (AvgIpc) is 3.03. The van der Waals surface area contributed by atoms with Crippen molar-refractivity contribution in [3.8, 4) is 23.0 Å². The summed E-state index contributed by atoms with van der Waals surface area (Å²) in [6.45, 7) is 3.68. The smallest absolute Gasteiger partial charge is 0.337 e. The molecule has 0 aliphatic carbocycles. The molecule has 1 heterocycles. The SMILES string of the molecule is CCOc1cc([C@@H]2NC(=O)NC(C)=C2C(=O)OC)ccc1OC[C@H](O)N/N=C/c1cc(Br)cc(OC)c1OCc1ccc(Cl)cc1Cl. The first kappa shape index (κ1) is 35.7. The lowest BCUT2D eigenvalue weighted by Gasteiger charge is -2.28. The third-order valence-corrected chi connectivity index (χ3v) is 7.80. The summed E-state index contributed by atoms with van der Waals surface area (Å²) in [6, 6.07) is 12.4. The topological polar surface area (TPSA) is 149 Å². The number of carbonyl (C=O) groups is 2. The van der Waals surface area contributed by atoms with Gasteiger partial charge in [0.25, 0.3) is 0 Å². The van der Waals surface area contributed by atoms with Gasteiger partial charge in [0.1, 0.15) is 13.2 Å². The van der Waals surface area contributed by atoms with E-state index in [1.807, 2.05) is 0 Å². The zero-order valence-corrected chi connectivity index (χ0v) is 29.0. The molecule has 0 radical (unpaired) electrons. The van der Waals surface area contributed by atoms with E-state index in [-0.39, 0.29) is 18.8 Å². The maximum atomic E-state index is 12.5. The molecular formula is C32H33BrCl2N4O8. The van der Waals surface area contributed by atoms with Crippen LogP contribution in [0, 0.1) is 0 Å². The van der Waals surface area contributed by atoms with Gasteiger partial charge in [-0.1, -0.05) is 51.3 Å². The second-order valence-corrected chi connectivity index (χ2v) is 11.7. The number of nitrogens with one attached hydrogen (secondary N) is 3. The molecule has 1 aliphatic rings. The van der Waals surface area contributed by atoms with Crippen molar-refractivity contribution in [2.75, 3.05) is 27.4 Å². The fraction of sp³-hybridized carbons (Fsp3) is 0.281. The third kappa shape index (κ3) is 9.22. The average molecular weight is 752 g/mol. The van der Waals surface area contributed by atoms with Crippen LogP contribution in [0.5, 0.6) is 23.0 Å². The van der Waals surface area contributed by atoms with Crippen LogP contribution in [0.15, 0.2) is 69.4 Å². The molecule has 0 fully saturated rings. The van der Waals surface area contributed by atoms with E-state index in [9.17, 15) is 14.7 Å². The Morgan fingerprint density at radius 1 is 1.09 bits per heavy atom. The zero-order valence-electron chi connectivity index (χ0n) is 25.9. The number of rotatable bonds is 14. The number of ether oxygens (including phenoxy) is 5. The summed E-state index contributed by atoms with van der Waals surface area (Å²) in [5, 5.41) is 21.1. The molecule has 4 N–H and O–H groups in total. The number of urea groups is 1. The summed E-state index contributed by atoms with van der Waals surface area (Å²) in [7, 11) is 2.79. The van der Waals surface area contributed by atoms with Gasteiger partial charge in [-0.3, -0.25) is 5.43 Å². The second-order valence-electron chi connectivity index (χ2n) is 9.97. The van der Waals surface area contributed by atoms with Gasteiger partial charge in [0.2, 0.25) is 0 Å². The summed E-state index contributed by atoms with van der Waals surface area (Å²) in [6.07, 6.45) is 0.254. The number of benzene rings is 3. The summed E-state index contributed by atoms with van der Waals surface area (Å²) in [4.78, 5) is 24.7. The number of aliphatic hydroxyl groups excluding tert-OH is 1. The summed E-state index contributed by atoms with van der Waals surface area (Å²) < 4.78 is 28.8. The maximum Gasteiger partial charge on any atom is 0.337 e. The van der Waals surface area contributed by atoms with Gasteiger partial charge >= 0.3 is 12.0 Å². The molecule has 1 aliphatic heterocycles. The van der Waals surface area contributed by atoms with Gasteiger partial charge in [0, 0.05) is 31.3 Å². The molecule has 0 aromatic heterocycles. The van der Waals surface area contributed by atoms with Crippen LogP contribution in [0.3, 0.4) is 0 Å². The predicted molar refractivity (Wildman–Crippen MR) is 180 cm³/mol. The minimum Gasteiger partial charge on any atom is -0.493 e. The highest BCUT2D eigenvalue weighted by molar-refractivity contribution is 9.10. The summed E-state index contributed by atoms with van der Waals surface area (Å²) in [5.41, 5.74) is 5.11. The van der Waals surface area contributed by atoms with Gasteiger partial charge in [-0.05, 0) is 55.8 Å². The van der Waals surface area contributed by atoms with Crippen LogP contribution in [-0.2, 0) is 16.1 Å². The van der Waals surface area contributed by atoms with E-state index in [0.717, 1.165) is 10.0 Å². The van der Waals surface area contributed by atoms with Gasteiger partial charge < -0.3 is 39.4 Å². The Hall–Kier alpha value is -4.17. The number of hydrogen-bond acceptors (Lipinski definition) is 10. The first-order valence-corrected chi connectivity index (χ1v) is 15.8. The molecule has 4 rings (SSSR count). The fourth-order valence-corrected chi connectivity index (χ4v) is 5.51. The zero-order chi connectivity index (χ0) is 34.1. The number of hydrazone groups is 1. The molecule has 2 atom stereocenters. The molecule has 0 spiro atoms. The quantitative estimate of drug-likeness (QED) is 0.0688. The van der Waals surface area contributed by atoms with Crippen LogP contribution in [0.1, 0.15) is 36.6 Å². The van der Waals surface area contributed by atoms with Crippen molar-refractivity contribution in [2.24, 2.45) is 5.10 Å². The number of amides is 2. The minimum atomic E-state index is -1.22. The lowest BCUT2D eigenvalue weighted by molar-refractivity contribution is -0.136. The predicted octanol–water partition coefficient (Wildman–Crippen LogP) is 5.86. The van der Waals surface area contributed by atoms with Crippen LogP contribution >= 0.6 is 39.1 Å². The van der Waals surface area contributed by atoms with Crippen molar-refractivity contribution in [1.29, 1.82) is 0 Å². The van der Waals surface area contributed by atoms with Crippen LogP contribution in [0.2, 0.25) is 10.0 Å². The van der Waals surface area contributed by atoms with E-state index >= 15 is 0 Å². The first-order chi connectivity index (χ1) is 22.5. The number of allylic oxidation sites excluding steroid dienone is 1. The van der Waals surface area contributed by atoms with Gasteiger partial charge in [-0.15, -0.1) is 0 Å². The lowest BCUT2D eigenvalue weighted by atomic mass is 9.95. The van der Waals surface area contributed by atoms with E-state index in [2.05, 4.69) is 37.1 Å². The Morgan fingerprint density at radius 3 is 2.57 bits per heavy atom. The molecule has 0 saturated heterocycles. The van der Waals surface area contributed by atoms with Crippen LogP contribution < -0.4 is 35.0 Å². The van der Waals surface area contributed by atoms with Crippen LogP contribution in [0.25, 0.3) is 0 Å². The monoisotopic (exact) mass is 750 g/mol. The summed E-state index contributed by atoms with van der Waals surface area (Å²) >= 11 is 15.8. The lowest BCUT2D eigenvalue weighted by Crippen LogP contribution is -2.45. The standard InChI is InChI=1S/C32H33BrCl2N4O8/c1-5-45-25-11-18(29-28(31(41)44-4)17(2)37-32(42)38-29)7-9-24(25)46-16-27(40)39-36-14-20-10-21(33)12-26(43-3)30(20)47-15-19-6-8-22(34)13-23(19)35/h6-14,27,29,39-40H,5,15-16H2,1-4H3,(H2,37,38,42)/b36-14+/t27-,29-/m0/s1. The van der Waals surface area contributed by atoms with Crippen molar-refractivity contribution in [1.82, 2.24) is 16.1 Å². The number of methoxy groups -OCH3 is 2. The van der Waals surface area contributed by atoms with E-state index in [0.29, 0.717) is 56.5 Å². The largest absolute Gasteiger partial charge is 0.493 e. The molecular weight excluding hydrogens is 719 g/mol. The van der Waals surface area contributed by atoms with Crippen LogP contribution in [-0.4, -0.2) is 57.0 Å². The number of halogens is 3. The van der Waals surface area contributed by atoms with Crippen molar-refractivity contribution in [3.63, 3.8) is 0 Å². The van der Waals surface area contributed by atoms with Crippen molar-refractivity contribution < 1.29 is 38.4 Å². The highest BCUT2D eigenvalue weighted by Gasteiger charge is 2.32. The Balaban J connectivity index is 1.45. The van der Waals surface area contributed by atoms with Gasteiger partial charge in [0.05, 0.1) is 38.7 Å². The van der Waals surface area contributed by atoms with E-state index < -0.39 is 24.3 Å². The molecule has 3 aromatic rings. The van der Waals surface area contributed by atoms with Crippen LogP contribution in [0.4, 0.5) is 4.79 Å².